The van der Waals surface area contributed by atoms with Crippen molar-refractivity contribution in [3.05, 3.63) is 34.7 Å². The van der Waals surface area contributed by atoms with Crippen LogP contribution in [0, 0.1) is 0 Å². The zero-order valence-corrected chi connectivity index (χ0v) is 23.5. The molecule has 2 aromatic rings. The number of rotatable bonds is 10. The van der Waals surface area contributed by atoms with E-state index in [4.69, 9.17) is 14.5 Å². The zero-order chi connectivity index (χ0) is 25.1. The van der Waals surface area contributed by atoms with E-state index in [0.29, 0.717) is 6.04 Å². The number of thiazole rings is 1. The molecule has 0 saturated carbocycles. The molecular formula is C29H45N3O2S. The summed E-state index contributed by atoms with van der Waals surface area (Å²) in [5.74, 6) is 0. The minimum absolute atomic E-state index is 0.221. The van der Waals surface area contributed by atoms with E-state index in [1.165, 1.54) is 29.5 Å². The van der Waals surface area contributed by atoms with E-state index in [9.17, 15) is 0 Å². The van der Waals surface area contributed by atoms with Gasteiger partial charge in [-0.3, -0.25) is 4.90 Å². The SMILES string of the molecule is CCOCCN(CCOC)C1CCN(c2nc(-c3ccc4c(c3)C(C)(C)CCC4(C)C)cs2)CC1. The minimum Gasteiger partial charge on any atom is -0.383 e. The second-order valence-corrected chi connectivity index (χ2v) is 12.3. The maximum atomic E-state index is 5.63. The van der Waals surface area contributed by atoms with Gasteiger partial charge >= 0.3 is 0 Å². The van der Waals surface area contributed by atoms with Gasteiger partial charge in [-0.05, 0) is 60.6 Å². The van der Waals surface area contributed by atoms with Gasteiger partial charge in [0.05, 0.1) is 18.9 Å². The third-order valence-corrected chi connectivity index (χ3v) is 9.10. The first-order valence-corrected chi connectivity index (χ1v) is 14.3. The van der Waals surface area contributed by atoms with Crippen molar-refractivity contribution in [3.8, 4) is 11.3 Å². The number of benzene rings is 1. The topological polar surface area (TPSA) is 37.8 Å². The molecule has 0 radical (unpaired) electrons. The third-order valence-electron chi connectivity index (χ3n) is 8.20. The van der Waals surface area contributed by atoms with Gasteiger partial charge in [-0.2, -0.15) is 0 Å². The second kappa shape index (κ2) is 11.3. The van der Waals surface area contributed by atoms with Crippen LogP contribution in [-0.2, 0) is 20.3 Å². The molecule has 0 unspecified atom stereocenters. The van der Waals surface area contributed by atoms with Crippen molar-refractivity contribution in [1.29, 1.82) is 0 Å². The lowest BCUT2D eigenvalue weighted by molar-refractivity contribution is 0.0659. The summed E-state index contributed by atoms with van der Waals surface area (Å²) in [4.78, 5) is 10.1. The van der Waals surface area contributed by atoms with Crippen LogP contribution in [0.4, 0.5) is 5.13 Å². The van der Waals surface area contributed by atoms with Gasteiger partial charge in [0.15, 0.2) is 5.13 Å². The average molecular weight is 500 g/mol. The van der Waals surface area contributed by atoms with Crippen LogP contribution in [0.3, 0.4) is 0 Å². The number of ether oxygens (including phenoxy) is 2. The summed E-state index contributed by atoms with van der Waals surface area (Å²) in [5.41, 5.74) is 5.86. The average Bonchev–Trinajstić information content (AvgIpc) is 3.35. The van der Waals surface area contributed by atoms with Crippen LogP contribution in [0.1, 0.15) is 71.4 Å². The molecule has 2 aliphatic rings. The number of methoxy groups -OCH3 is 1. The highest BCUT2D eigenvalue weighted by atomic mass is 32.1. The van der Waals surface area contributed by atoms with Crippen LogP contribution in [-0.4, -0.2) is 69.0 Å². The van der Waals surface area contributed by atoms with Crippen molar-refractivity contribution >= 4 is 16.5 Å². The Morgan fingerprint density at radius 1 is 1.03 bits per heavy atom. The highest BCUT2D eigenvalue weighted by molar-refractivity contribution is 7.14. The Bertz CT molecular complexity index is 963. The van der Waals surface area contributed by atoms with Gasteiger partial charge in [0.1, 0.15) is 0 Å². The molecule has 1 aromatic heterocycles. The standard InChI is InChI=1S/C29H45N3O2S/c1-7-34-19-17-31(16-18-33-6)23-10-14-32(15-11-23)27-30-26(21-35-27)22-8-9-24-25(20-22)29(4,5)13-12-28(24,2)3/h8-9,20-21,23H,7,10-19H2,1-6H3. The molecule has 0 atom stereocenters. The number of aromatic nitrogens is 1. The fourth-order valence-corrected chi connectivity index (χ4v) is 6.61. The Kier molecular flexibility index (Phi) is 8.57. The maximum absolute atomic E-state index is 5.63. The van der Waals surface area contributed by atoms with E-state index in [1.54, 1.807) is 18.4 Å². The summed E-state index contributed by atoms with van der Waals surface area (Å²) in [6.45, 7) is 18.0. The Morgan fingerprint density at radius 3 is 2.40 bits per heavy atom. The zero-order valence-electron chi connectivity index (χ0n) is 22.7. The molecule has 4 rings (SSSR count). The van der Waals surface area contributed by atoms with Gasteiger partial charge in [0.2, 0.25) is 0 Å². The molecule has 1 fully saturated rings. The Hall–Kier alpha value is -1.47. The summed E-state index contributed by atoms with van der Waals surface area (Å²) in [5, 5.41) is 3.41. The van der Waals surface area contributed by atoms with Gasteiger partial charge in [0.25, 0.3) is 0 Å². The molecule has 0 amide bonds. The van der Waals surface area contributed by atoms with Gasteiger partial charge in [0, 0.05) is 56.9 Å². The van der Waals surface area contributed by atoms with Crippen LogP contribution < -0.4 is 4.90 Å². The van der Waals surface area contributed by atoms with E-state index < -0.39 is 0 Å². The van der Waals surface area contributed by atoms with Crippen LogP contribution in [0.5, 0.6) is 0 Å². The number of piperidine rings is 1. The molecule has 1 aromatic carbocycles. The van der Waals surface area contributed by atoms with E-state index in [-0.39, 0.29) is 10.8 Å². The van der Waals surface area contributed by atoms with Crippen molar-refractivity contribution in [1.82, 2.24) is 9.88 Å². The first kappa shape index (κ1) is 26.6. The quantitative estimate of drug-likeness (QED) is 0.369. The lowest BCUT2D eigenvalue weighted by Gasteiger charge is -2.42. The first-order chi connectivity index (χ1) is 16.7. The lowest BCUT2D eigenvalue weighted by atomic mass is 9.63. The van der Waals surface area contributed by atoms with Crippen molar-refractivity contribution in [3.63, 3.8) is 0 Å². The first-order valence-electron chi connectivity index (χ1n) is 13.4. The largest absolute Gasteiger partial charge is 0.383 e. The predicted molar refractivity (Wildman–Crippen MR) is 148 cm³/mol. The molecule has 35 heavy (non-hydrogen) atoms. The minimum atomic E-state index is 0.221. The maximum Gasteiger partial charge on any atom is 0.185 e. The smallest absolute Gasteiger partial charge is 0.185 e. The van der Waals surface area contributed by atoms with Gasteiger partial charge in [-0.1, -0.05) is 39.8 Å². The van der Waals surface area contributed by atoms with E-state index >= 15 is 0 Å². The van der Waals surface area contributed by atoms with E-state index in [2.05, 4.69) is 68.0 Å². The molecule has 1 aliphatic carbocycles. The molecule has 194 valence electrons. The molecule has 1 aliphatic heterocycles. The van der Waals surface area contributed by atoms with E-state index in [0.717, 1.165) is 69.7 Å². The molecule has 0 spiro atoms. The summed E-state index contributed by atoms with van der Waals surface area (Å²) < 4.78 is 11.0. The van der Waals surface area contributed by atoms with Gasteiger partial charge in [-0.25, -0.2) is 4.98 Å². The summed E-state index contributed by atoms with van der Waals surface area (Å²) in [6, 6.07) is 7.67. The monoisotopic (exact) mass is 499 g/mol. The number of fused-ring (bicyclic) bond motifs is 1. The molecule has 0 N–H and O–H groups in total. The fraction of sp³-hybridized carbons (Fsp3) is 0.690. The highest BCUT2D eigenvalue weighted by Crippen LogP contribution is 2.47. The predicted octanol–water partition coefficient (Wildman–Crippen LogP) is 6.11. The number of anilines is 1. The molecule has 6 heteroatoms. The molecule has 5 nitrogen and oxygen atoms in total. The number of nitrogens with zero attached hydrogens (tertiary/aromatic N) is 3. The van der Waals surface area contributed by atoms with Crippen molar-refractivity contribution in [2.24, 2.45) is 0 Å². The summed E-state index contributed by atoms with van der Waals surface area (Å²) in [6.07, 6.45) is 4.80. The Balaban J connectivity index is 1.43. The fourth-order valence-electron chi connectivity index (χ4n) is 5.72. The van der Waals surface area contributed by atoms with Crippen LogP contribution in [0.25, 0.3) is 11.3 Å². The summed E-state index contributed by atoms with van der Waals surface area (Å²) in [7, 11) is 1.79. The molecule has 0 bridgehead atoms. The van der Waals surface area contributed by atoms with Crippen molar-refractivity contribution in [2.75, 3.05) is 58.0 Å². The van der Waals surface area contributed by atoms with Crippen LogP contribution in [0.15, 0.2) is 23.6 Å². The summed E-state index contributed by atoms with van der Waals surface area (Å²) >= 11 is 1.79. The normalized spacial score (nSPS) is 19.8. The number of hydrogen-bond acceptors (Lipinski definition) is 6. The third kappa shape index (κ3) is 6.10. The Morgan fingerprint density at radius 2 is 1.71 bits per heavy atom. The number of hydrogen-bond donors (Lipinski definition) is 0. The second-order valence-electron chi connectivity index (χ2n) is 11.5. The van der Waals surface area contributed by atoms with Gasteiger partial charge < -0.3 is 14.4 Å². The van der Waals surface area contributed by atoms with Crippen LogP contribution >= 0.6 is 11.3 Å². The van der Waals surface area contributed by atoms with Crippen molar-refractivity contribution < 1.29 is 9.47 Å². The van der Waals surface area contributed by atoms with Crippen molar-refractivity contribution in [2.45, 2.75) is 77.2 Å². The van der Waals surface area contributed by atoms with Gasteiger partial charge in [-0.15, -0.1) is 11.3 Å². The lowest BCUT2D eigenvalue weighted by Crippen LogP contribution is -2.47. The molecular weight excluding hydrogens is 454 g/mol. The van der Waals surface area contributed by atoms with E-state index in [1.807, 2.05) is 0 Å². The van der Waals surface area contributed by atoms with Crippen LogP contribution in [0.2, 0.25) is 0 Å². The molecule has 2 heterocycles. The highest BCUT2D eigenvalue weighted by Gasteiger charge is 2.37. The Labute approximate surface area is 216 Å². The molecule has 1 saturated heterocycles.